The van der Waals surface area contributed by atoms with Crippen molar-refractivity contribution in [2.24, 2.45) is 0 Å². The molecule has 16 heavy (non-hydrogen) atoms. The lowest BCUT2D eigenvalue weighted by Gasteiger charge is -2.12. The second-order valence-corrected chi connectivity index (χ2v) is 5.96. The molecule has 1 aromatic carbocycles. The van der Waals surface area contributed by atoms with Crippen LogP contribution >= 0.6 is 0 Å². The molecule has 1 heterocycles. The highest BCUT2D eigenvalue weighted by Gasteiger charge is 2.29. The van der Waals surface area contributed by atoms with Crippen molar-refractivity contribution >= 4 is 22.6 Å². The highest BCUT2D eigenvalue weighted by Crippen LogP contribution is 2.17. The molecule has 0 amide bonds. The zero-order chi connectivity index (χ0) is 11.9. The molecule has 5 nitrogen and oxygen atoms in total. The standard InChI is InChI=1S/C9H12BNO4S/c1-11(2)16(13,14)8-3-4-9-7(5-8)6-15-10(9)12/h3-5,12H,6H2,1-2H3. The average molecular weight is 241 g/mol. The number of hydrogen-bond acceptors (Lipinski definition) is 4. The van der Waals surface area contributed by atoms with Crippen LogP contribution in [0.1, 0.15) is 5.56 Å². The molecule has 7 heteroatoms. The van der Waals surface area contributed by atoms with Gasteiger partial charge < -0.3 is 9.68 Å². The first-order chi connectivity index (χ1) is 7.43. The molecule has 0 atom stereocenters. The zero-order valence-electron chi connectivity index (χ0n) is 9.04. The van der Waals surface area contributed by atoms with Gasteiger partial charge in [0.1, 0.15) is 0 Å². The normalized spacial score (nSPS) is 15.6. The van der Waals surface area contributed by atoms with E-state index in [1.165, 1.54) is 20.2 Å². The first kappa shape index (κ1) is 11.6. The van der Waals surface area contributed by atoms with Crippen molar-refractivity contribution in [1.82, 2.24) is 4.31 Å². The fourth-order valence-corrected chi connectivity index (χ4v) is 2.53. The van der Waals surface area contributed by atoms with E-state index in [2.05, 4.69) is 0 Å². The molecule has 0 aromatic heterocycles. The van der Waals surface area contributed by atoms with Gasteiger partial charge in [0.25, 0.3) is 0 Å². The van der Waals surface area contributed by atoms with E-state index in [9.17, 15) is 13.4 Å². The summed E-state index contributed by atoms with van der Waals surface area (Å²) >= 11 is 0. The maximum absolute atomic E-state index is 11.8. The highest BCUT2D eigenvalue weighted by molar-refractivity contribution is 7.89. The number of sulfonamides is 1. The van der Waals surface area contributed by atoms with Crippen LogP contribution in [0.3, 0.4) is 0 Å². The van der Waals surface area contributed by atoms with E-state index in [1.54, 1.807) is 12.1 Å². The molecule has 1 aliphatic rings. The SMILES string of the molecule is CN(C)S(=O)(=O)c1ccc2c(c1)COB2O. The van der Waals surface area contributed by atoms with Gasteiger partial charge in [-0.1, -0.05) is 6.07 Å². The summed E-state index contributed by atoms with van der Waals surface area (Å²) in [5, 5.41) is 9.40. The molecular weight excluding hydrogens is 229 g/mol. The van der Waals surface area contributed by atoms with Gasteiger partial charge in [-0.25, -0.2) is 12.7 Å². The van der Waals surface area contributed by atoms with Crippen molar-refractivity contribution < 1.29 is 18.1 Å². The van der Waals surface area contributed by atoms with Crippen LogP contribution in [0, 0.1) is 0 Å². The molecular formula is C9H12BNO4S. The Labute approximate surface area is 94.8 Å². The minimum Gasteiger partial charge on any atom is -0.423 e. The van der Waals surface area contributed by atoms with Crippen molar-refractivity contribution in [3.63, 3.8) is 0 Å². The molecule has 0 spiro atoms. The van der Waals surface area contributed by atoms with E-state index in [4.69, 9.17) is 4.65 Å². The Balaban J connectivity index is 2.48. The quantitative estimate of drug-likeness (QED) is 0.685. The third-order valence-electron chi connectivity index (χ3n) is 2.56. The molecule has 0 aliphatic carbocycles. The number of rotatable bonds is 2. The van der Waals surface area contributed by atoms with Gasteiger partial charge in [-0.05, 0) is 23.2 Å². The van der Waals surface area contributed by atoms with Crippen LogP contribution in [0.2, 0.25) is 0 Å². The number of fused-ring (bicyclic) bond motifs is 1. The summed E-state index contributed by atoms with van der Waals surface area (Å²) in [6.07, 6.45) is 0. The van der Waals surface area contributed by atoms with Gasteiger partial charge in [0.05, 0.1) is 11.5 Å². The van der Waals surface area contributed by atoms with Gasteiger partial charge in [-0.2, -0.15) is 0 Å². The molecule has 0 saturated heterocycles. The lowest BCUT2D eigenvalue weighted by Crippen LogP contribution is -2.28. The van der Waals surface area contributed by atoms with Gasteiger partial charge in [0.2, 0.25) is 10.0 Å². The van der Waals surface area contributed by atoms with E-state index in [1.807, 2.05) is 0 Å². The zero-order valence-corrected chi connectivity index (χ0v) is 9.86. The summed E-state index contributed by atoms with van der Waals surface area (Å²) in [7, 11) is -1.40. The van der Waals surface area contributed by atoms with Crippen LogP contribution in [0.15, 0.2) is 23.1 Å². The van der Waals surface area contributed by atoms with Gasteiger partial charge in [0.15, 0.2) is 0 Å². The molecule has 0 fully saturated rings. The van der Waals surface area contributed by atoms with Crippen molar-refractivity contribution in [2.45, 2.75) is 11.5 Å². The largest absolute Gasteiger partial charge is 0.491 e. The number of benzene rings is 1. The Kier molecular flexibility index (Phi) is 2.79. The molecule has 0 radical (unpaired) electrons. The Bertz CT molecular complexity index is 514. The smallest absolute Gasteiger partial charge is 0.423 e. The highest BCUT2D eigenvalue weighted by atomic mass is 32.2. The first-order valence-corrected chi connectivity index (χ1v) is 6.22. The summed E-state index contributed by atoms with van der Waals surface area (Å²) < 4.78 is 29.8. The minimum absolute atomic E-state index is 0.217. The number of nitrogens with zero attached hydrogens (tertiary/aromatic N) is 1. The Morgan fingerprint density at radius 1 is 1.44 bits per heavy atom. The predicted molar refractivity (Wildman–Crippen MR) is 59.7 cm³/mol. The van der Waals surface area contributed by atoms with Crippen molar-refractivity contribution in [3.05, 3.63) is 23.8 Å². The summed E-state index contributed by atoms with van der Waals surface area (Å²) in [4.78, 5) is 0.217. The van der Waals surface area contributed by atoms with E-state index in [-0.39, 0.29) is 11.5 Å². The molecule has 0 unspecified atom stereocenters. The van der Waals surface area contributed by atoms with Crippen LogP contribution in [-0.4, -0.2) is 39.0 Å². The Morgan fingerprint density at radius 3 is 2.75 bits per heavy atom. The monoisotopic (exact) mass is 241 g/mol. The van der Waals surface area contributed by atoms with Crippen LogP contribution < -0.4 is 5.46 Å². The lowest BCUT2D eigenvalue weighted by molar-refractivity contribution is 0.275. The van der Waals surface area contributed by atoms with Crippen molar-refractivity contribution in [3.8, 4) is 0 Å². The molecule has 0 bridgehead atoms. The second-order valence-electron chi connectivity index (χ2n) is 3.81. The summed E-state index contributed by atoms with van der Waals surface area (Å²) in [5.74, 6) is 0. The topological polar surface area (TPSA) is 66.8 Å². The minimum atomic E-state index is -3.42. The van der Waals surface area contributed by atoms with Crippen LogP contribution in [0.25, 0.3) is 0 Å². The lowest BCUT2D eigenvalue weighted by atomic mass is 9.80. The van der Waals surface area contributed by atoms with E-state index < -0.39 is 17.1 Å². The third-order valence-corrected chi connectivity index (χ3v) is 4.37. The van der Waals surface area contributed by atoms with Crippen LogP contribution in [0.5, 0.6) is 0 Å². The van der Waals surface area contributed by atoms with Crippen LogP contribution in [0.4, 0.5) is 0 Å². The van der Waals surface area contributed by atoms with Crippen molar-refractivity contribution in [2.75, 3.05) is 14.1 Å². The maximum atomic E-state index is 11.8. The van der Waals surface area contributed by atoms with E-state index in [0.717, 1.165) is 9.87 Å². The predicted octanol–water partition coefficient (Wildman–Crippen LogP) is -0.845. The maximum Gasteiger partial charge on any atom is 0.491 e. The van der Waals surface area contributed by atoms with Gasteiger partial charge in [0, 0.05) is 14.1 Å². The second kappa shape index (κ2) is 3.85. The first-order valence-electron chi connectivity index (χ1n) is 4.78. The Hall–Kier alpha value is -0.885. The van der Waals surface area contributed by atoms with Gasteiger partial charge in [-0.3, -0.25) is 0 Å². The average Bonchev–Trinajstić information content (AvgIpc) is 2.60. The Morgan fingerprint density at radius 2 is 2.12 bits per heavy atom. The summed E-state index contributed by atoms with van der Waals surface area (Å²) in [5.41, 5.74) is 1.35. The molecule has 1 N–H and O–H groups in total. The van der Waals surface area contributed by atoms with E-state index >= 15 is 0 Å². The molecule has 86 valence electrons. The molecule has 1 aromatic rings. The summed E-state index contributed by atoms with van der Waals surface area (Å²) in [6.45, 7) is 0.243. The fraction of sp³-hybridized carbons (Fsp3) is 0.333. The number of hydrogen-bond donors (Lipinski definition) is 1. The fourth-order valence-electron chi connectivity index (χ4n) is 1.58. The third kappa shape index (κ3) is 1.76. The molecule has 2 rings (SSSR count). The van der Waals surface area contributed by atoms with Crippen LogP contribution in [-0.2, 0) is 21.3 Å². The van der Waals surface area contributed by atoms with Crippen molar-refractivity contribution in [1.29, 1.82) is 0 Å². The molecule has 0 saturated carbocycles. The van der Waals surface area contributed by atoms with Gasteiger partial charge in [-0.15, -0.1) is 0 Å². The van der Waals surface area contributed by atoms with Gasteiger partial charge >= 0.3 is 7.12 Å². The molecule has 1 aliphatic heterocycles. The van der Waals surface area contributed by atoms with E-state index in [0.29, 0.717) is 5.46 Å². The summed E-state index contributed by atoms with van der Waals surface area (Å²) in [6, 6.07) is 4.61.